The van der Waals surface area contributed by atoms with Crippen LogP contribution in [0.2, 0.25) is 0 Å². The summed E-state index contributed by atoms with van der Waals surface area (Å²) in [5, 5.41) is 0. The van der Waals surface area contributed by atoms with Gasteiger partial charge in [-0.2, -0.15) is 0 Å². The van der Waals surface area contributed by atoms with Crippen molar-refractivity contribution in [2.75, 3.05) is 14.2 Å². The molecule has 0 aliphatic carbocycles. The van der Waals surface area contributed by atoms with Gasteiger partial charge in [-0.05, 0) is 29.8 Å². The van der Waals surface area contributed by atoms with Gasteiger partial charge in [-0.25, -0.2) is 9.18 Å². The fourth-order valence-corrected chi connectivity index (χ4v) is 2.23. The van der Waals surface area contributed by atoms with Gasteiger partial charge in [0.1, 0.15) is 11.6 Å². The highest BCUT2D eigenvalue weighted by molar-refractivity contribution is 9.10. The topological polar surface area (TPSA) is 35.5 Å². The standard InChI is InChI=1S/C15H12BrFO3/c1-19-10-4-6-12(14(17)8-10)11-5-3-9(16)7-13(11)15(18)20-2/h3-8H,1-2H3. The first-order valence-electron chi connectivity index (χ1n) is 5.78. The van der Waals surface area contributed by atoms with Crippen molar-refractivity contribution in [3.05, 3.63) is 52.3 Å². The predicted molar refractivity (Wildman–Crippen MR) is 77.4 cm³/mol. The molecule has 0 N–H and O–H groups in total. The molecule has 0 amide bonds. The van der Waals surface area contributed by atoms with Crippen molar-refractivity contribution in [2.24, 2.45) is 0 Å². The summed E-state index contributed by atoms with van der Waals surface area (Å²) >= 11 is 3.29. The Hall–Kier alpha value is -1.88. The molecule has 20 heavy (non-hydrogen) atoms. The van der Waals surface area contributed by atoms with E-state index >= 15 is 0 Å². The summed E-state index contributed by atoms with van der Waals surface area (Å²) in [6, 6.07) is 9.50. The molecule has 0 aliphatic rings. The lowest BCUT2D eigenvalue weighted by Crippen LogP contribution is -2.04. The quantitative estimate of drug-likeness (QED) is 0.792. The molecule has 0 atom stereocenters. The molecule has 2 rings (SSSR count). The lowest BCUT2D eigenvalue weighted by Gasteiger charge is -2.10. The van der Waals surface area contributed by atoms with Crippen molar-refractivity contribution in [1.82, 2.24) is 0 Å². The summed E-state index contributed by atoms with van der Waals surface area (Å²) in [6.45, 7) is 0. The Kier molecular flexibility index (Phi) is 4.39. The van der Waals surface area contributed by atoms with Crippen molar-refractivity contribution < 1.29 is 18.7 Å². The Balaban J connectivity index is 2.60. The second-order valence-corrected chi connectivity index (χ2v) is 4.94. The smallest absolute Gasteiger partial charge is 0.338 e. The van der Waals surface area contributed by atoms with E-state index in [2.05, 4.69) is 15.9 Å². The zero-order valence-corrected chi connectivity index (χ0v) is 12.5. The van der Waals surface area contributed by atoms with Crippen LogP contribution in [-0.4, -0.2) is 20.2 Å². The zero-order chi connectivity index (χ0) is 14.7. The first kappa shape index (κ1) is 14.5. The van der Waals surface area contributed by atoms with E-state index in [1.54, 1.807) is 30.3 Å². The first-order chi connectivity index (χ1) is 9.56. The Bertz CT molecular complexity index is 656. The lowest BCUT2D eigenvalue weighted by atomic mass is 9.99. The second-order valence-electron chi connectivity index (χ2n) is 4.03. The Morgan fingerprint density at radius 1 is 1.10 bits per heavy atom. The van der Waals surface area contributed by atoms with Gasteiger partial charge >= 0.3 is 5.97 Å². The van der Waals surface area contributed by atoms with Crippen LogP contribution < -0.4 is 4.74 Å². The fourth-order valence-electron chi connectivity index (χ4n) is 1.87. The Morgan fingerprint density at radius 3 is 2.40 bits per heavy atom. The van der Waals surface area contributed by atoms with Gasteiger partial charge in [-0.15, -0.1) is 0 Å². The largest absolute Gasteiger partial charge is 0.497 e. The average Bonchev–Trinajstić information content (AvgIpc) is 2.46. The maximum atomic E-state index is 14.1. The summed E-state index contributed by atoms with van der Waals surface area (Å²) in [7, 11) is 2.76. The molecule has 0 saturated heterocycles. The monoisotopic (exact) mass is 338 g/mol. The molecule has 104 valence electrons. The van der Waals surface area contributed by atoms with E-state index in [-0.39, 0.29) is 0 Å². The van der Waals surface area contributed by atoms with Gasteiger partial charge < -0.3 is 9.47 Å². The van der Waals surface area contributed by atoms with Crippen LogP contribution in [0.15, 0.2) is 40.9 Å². The van der Waals surface area contributed by atoms with E-state index in [1.807, 2.05) is 0 Å². The van der Waals surface area contributed by atoms with Crippen molar-refractivity contribution in [2.45, 2.75) is 0 Å². The van der Waals surface area contributed by atoms with Gasteiger partial charge in [-0.1, -0.05) is 22.0 Å². The van der Waals surface area contributed by atoms with Crippen LogP contribution in [0.3, 0.4) is 0 Å². The lowest BCUT2D eigenvalue weighted by molar-refractivity contribution is 0.0601. The number of carbonyl (C=O) groups excluding carboxylic acids is 1. The summed E-state index contributed by atoms with van der Waals surface area (Å²) in [6.07, 6.45) is 0. The van der Waals surface area contributed by atoms with Crippen LogP contribution >= 0.6 is 15.9 Å². The summed E-state index contributed by atoms with van der Waals surface area (Å²) < 4.78 is 24.5. The molecule has 5 heteroatoms. The number of ether oxygens (including phenoxy) is 2. The molecular formula is C15H12BrFO3. The molecule has 0 aromatic heterocycles. The van der Waals surface area contributed by atoms with Crippen LogP contribution in [-0.2, 0) is 4.74 Å². The van der Waals surface area contributed by atoms with Gasteiger partial charge in [0, 0.05) is 16.1 Å². The minimum atomic E-state index is -0.517. The first-order valence-corrected chi connectivity index (χ1v) is 6.58. The molecule has 0 heterocycles. The third-order valence-electron chi connectivity index (χ3n) is 2.85. The van der Waals surface area contributed by atoms with Crippen molar-refractivity contribution in [3.8, 4) is 16.9 Å². The minimum absolute atomic E-state index is 0.297. The molecule has 2 aromatic rings. The van der Waals surface area contributed by atoms with Crippen LogP contribution in [0.4, 0.5) is 4.39 Å². The van der Waals surface area contributed by atoms with Gasteiger partial charge in [0.2, 0.25) is 0 Å². The van der Waals surface area contributed by atoms with Crippen LogP contribution in [0.25, 0.3) is 11.1 Å². The maximum Gasteiger partial charge on any atom is 0.338 e. The van der Waals surface area contributed by atoms with E-state index in [0.717, 1.165) is 4.47 Å². The van der Waals surface area contributed by atoms with Gasteiger partial charge in [0.25, 0.3) is 0 Å². The van der Waals surface area contributed by atoms with E-state index in [9.17, 15) is 9.18 Å². The van der Waals surface area contributed by atoms with E-state index < -0.39 is 11.8 Å². The molecule has 0 fully saturated rings. The van der Waals surface area contributed by atoms with Crippen molar-refractivity contribution >= 4 is 21.9 Å². The van der Waals surface area contributed by atoms with Crippen LogP contribution in [0.1, 0.15) is 10.4 Å². The normalized spacial score (nSPS) is 10.2. The highest BCUT2D eigenvalue weighted by Crippen LogP contribution is 2.31. The van der Waals surface area contributed by atoms with Crippen molar-refractivity contribution in [1.29, 1.82) is 0 Å². The Morgan fingerprint density at radius 2 is 1.80 bits per heavy atom. The number of methoxy groups -OCH3 is 2. The third-order valence-corrected chi connectivity index (χ3v) is 3.35. The number of halogens is 2. The predicted octanol–water partition coefficient (Wildman–Crippen LogP) is 4.05. The van der Waals surface area contributed by atoms with Crippen molar-refractivity contribution in [3.63, 3.8) is 0 Å². The van der Waals surface area contributed by atoms with E-state index in [4.69, 9.17) is 9.47 Å². The number of hydrogen-bond donors (Lipinski definition) is 0. The summed E-state index contributed by atoms with van der Waals surface area (Å²) in [5.74, 6) is -0.559. The molecule has 0 aliphatic heterocycles. The second kappa shape index (κ2) is 6.05. The minimum Gasteiger partial charge on any atom is -0.497 e. The summed E-state index contributed by atoms with van der Waals surface area (Å²) in [4.78, 5) is 11.8. The Labute approximate surface area is 124 Å². The molecule has 0 spiro atoms. The van der Waals surface area contributed by atoms with E-state index in [1.165, 1.54) is 20.3 Å². The zero-order valence-electron chi connectivity index (χ0n) is 10.9. The molecule has 0 unspecified atom stereocenters. The molecule has 3 nitrogen and oxygen atoms in total. The molecule has 0 saturated carbocycles. The molecule has 2 aromatic carbocycles. The number of hydrogen-bond acceptors (Lipinski definition) is 3. The molecule has 0 radical (unpaired) electrons. The summed E-state index contributed by atoms with van der Waals surface area (Å²) in [5.41, 5.74) is 1.09. The van der Waals surface area contributed by atoms with Gasteiger partial charge in [-0.3, -0.25) is 0 Å². The third kappa shape index (κ3) is 2.82. The maximum absolute atomic E-state index is 14.1. The van der Waals surface area contributed by atoms with Gasteiger partial charge in [0.15, 0.2) is 0 Å². The highest BCUT2D eigenvalue weighted by atomic mass is 79.9. The van der Waals surface area contributed by atoms with Crippen LogP contribution in [0, 0.1) is 5.82 Å². The molecular weight excluding hydrogens is 327 g/mol. The van der Waals surface area contributed by atoms with E-state index in [0.29, 0.717) is 22.4 Å². The number of rotatable bonds is 3. The molecule has 0 bridgehead atoms. The van der Waals surface area contributed by atoms with Gasteiger partial charge in [0.05, 0.1) is 19.8 Å². The number of esters is 1. The number of carbonyl (C=O) groups is 1. The highest BCUT2D eigenvalue weighted by Gasteiger charge is 2.16. The fraction of sp³-hybridized carbons (Fsp3) is 0.133. The number of benzene rings is 2. The SMILES string of the molecule is COC(=O)c1cc(Br)ccc1-c1ccc(OC)cc1F. The average molecular weight is 339 g/mol. The van der Waals surface area contributed by atoms with Crippen LogP contribution in [0.5, 0.6) is 5.75 Å².